The van der Waals surface area contributed by atoms with E-state index in [1.165, 1.54) is 16.0 Å². The summed E-state index contributed by atoms with van der Waals surface area (Å²) >= 11 is 1.23. The number of rotatable bonds is 5. The van der Waals surface area contributed by atoms with Gasteiger partial charge >= 0.3 is 0 Å². The Hall–Kier alpha value is -2.26. The lowest BCUT2D eigenvalue weighted by atomic mass is 10.3. The lowest BCUT2D eigenvalue weighted by Gasteiger charge is -2.04. The van der Waals surface area contributed by atoms with Crippen LogP contribution in [0.2, 0.25) is 0 Å². The van der Waals surface area contributed by atoms with Crippen LogP contribution in [0.4, 0.5) is 5.00 Å². The van der Waals surface area contributed by atoms with Crippen LogP contribution in [0.3, 0.4) is 0 Å². The minimum Gasteiger partial charge on any atom is -0.366 e. The highest BCUT2D eigenvalue weighted by atomic mass is 32.1. The molecule has 8 nitrogen and oxygen atoms in total. The Labute approximate surface area is 118 Å². The topological polar surface area (TPSA) is 129 Å². The number of nitrogens with zero attached hydrogens (tertiary/aromatic N) is 3. The number of hydrogen-bond acceptors (Lipinski definition) is 6. The van der Waals surface area contributed by atoms with E-state index in [-0.39, 0.29) is 18.5 Å². The van der Waals surface area contributed by atoms with Gasteiger partial charge in [-0.2, -0.15) is 0 Å². The molecule has 0 saturated carbocycles. The maximum atomic E-state index is 11.9. The van der Waals surface area contributed by atoms with Gasteiger partial charge in [-0.1, -0.05) is 5.21 Å². The van der Waals surface area contributed by atoms with Crippen molar-refractivity contribution >= 4 is 28.2 Å². The van der Waals surface area contributed by atoms with Gasteiger partial charge in [0.2, 0.25) is 5.91 Å². The number of anilines is 1. The molecule has 106 valence electrons. The normalized spacial score (nSPS) is 12.1. The lowest BCUT2D eigenvalue weighted by Crippen LogP contribution is -2.21. The lowest BCUT2D eigenvalue weighted by molar-refractivity contribution is -0.116. The first-order valence-corrected chi connectivity index (χ1v) is 6.68. The number of nitrogens with two attached hydrogens (primary N) is 2. The van der Waals surface area contributed by atoms with Crippen LogP contribution in [0.1, 0.15) is 29.0 Å². The summed E-state index contributed by atoms with van der Waals surface area (Å²) in [6, 6.07) is 1.32. The van der Waals surface area contributed by atoms with E-state index < -0.39 is 5.91 Å². The van der Waals surface area contributed by atoms with Gasteiger partial charge in [0.15, 0.2) is 0 Å². The Morgan fingerprint density at radius 2 is 2.30 bits per heavy atom. The summed E-state index contributed by atoms with van der Waals surface area (Å²) in [5, 5.41) is 12.4. The highest BCUT2D eigenvalue weighted by molar-refractivity contribution is 7.14. The molecule has 20 heavy (non-hydrogen) atoms. The summed E-state index contributed by atoms with van der Waals surface area (Å²) < 4.78 is 1.38. The number of carbonyl (C=O) groups excluding carboxylic acids is 2. The van der Waals surface area contributed by atoms with Crippen LogP contribution < -0.4 is 16.8 Å². The molecular weight excluding hydrogens is 280 g/mol. The summed E-state index contributed by atoms with van der Waals surface area (Å²) in [4.78, 5) is 23.0. The van der Waals surface area contributed by atoms with E-state index in [1.54, 1.807) is 24.6 Å². The maximum Gasteiger partial charge on any atom is 0.251 e. The number of amides is 2. The van der Waals surface area contributed by atoms with E-state index in [0.717, 1.165) is 0 Å². The first-order valence-electron chi connectivity index (χ1n) is 5.80. The fraction of sp³-hybridized carbons (Fsp3) is 0.273. The summed E-state index contributed by atoms with van der Waals surface area (Å²) in [7, 11) is 0. The summed E-state index contributed by atoms with van der Waals surface area (Å²) in [6.07, 6.45) is 1.60. The average Bonchev–Trinajstić information content (AvgIpc) is 2.97. The largest absolute Gasteiger partial charge is 0.366 e. The predicted molar refractivity (Wildman–Crippen MR) is 74.1 cm³/mol. The van der Waals surface area contributed by atoms with E-state index in [1.807, 2.05) is 0 Å². The smallest absolute Gasteiger partial charge is 0.251 e. The molecule has 0 spiro atoms. The van der Waals surface area contributed by atoms with E-state index in [4.69, 9.17) is 11.5 Å². The fourth-order valence-corrected chi connectivity index (χ4v) is 2.32. The molecule has 1 atom stereocenters. The van der Waals surface area contributed by atoms with Crippen molar-refractivity contribution in [1.82, 2.24) is 15.0 Å². The van der Waals surface area contributed by atoms with Crippen molar-refractivity contribution in [2.75, 3.05) is 5.32 Å². The van der Waals surface area contributed by atoms with Crippen LogP contribution in [0.5, 0.6) is 0 Å². The number of hydrogen-bond donors (Lipinski definition) is 3. The van der Waals surface area contributed by atoms with Gasteiger partial charge in [-0.15, -0.1) is 16.4 Å². The monoisotopic (exact) mass is 294 g/mol. The molecule has 0 aliphatic heterocycles. The van der Waals surface area contributed by atoms with Crippen molar-refractivity contribution in [2.24, 2.45) is 11.5 Å². The second kappa shape index (κ2) is 5.80. The number of primary amides is 1. The average molecular weight is 294 g/mol. The standard InChI is InChI=1S/C11H14N6O2S/c1-6(12)8-4-17(16-15-8)5-9(18)14-11-7(10(13)19)2-3-20-11/h2-4,6H,5,12H2,1H3,(H2,13,19)(H,14,18). The third-order valence-electron chi connectivity index (χ3n) is 2.51. The SMILES string of the molecule is CC(N)c1cn(CC(=O)Nc2sccc2C(N)=O)nn1. The van der Waals surface area contributed by atoms with Crippen molar-refractivity contribution in [3.63, 3.8) is 0 Å². The Morgan fingerprint density at radius 1 is 1.55 bits per heavy atom. The Bertz CT molecular complexity index is 632. The minimum atomic E-state index is -0.582. The van der Waals surface area contributed by atoms with Crippen LogP contribution in [-0.2, 0) is 11.3 Å². The zero-order chi connectivity index (χ0) is 14.7. The van der Waals surface area contributed by atoms with Gasteiger partial charge in [0.25, 0.3) is 5.91 Å². The Kier molecular flexibility index (Phi) is 4.11. The molecule has 0 aliphatic rings. The highest BCUT2D eigenvalue weighted by Gasteiger charge is 2.13. The van der Waals surface area contributed by atoms with Gasteiger partial charge in [-0.25, -0.2) is 4.68 Å². The van der Waals surface area contributed by atoms with Crippen LogP contribution in [0.25, 0.3) is 0 Å². The van der Waals surface area contributed by atoms with Gasteiger partial charge in [0, 0.05) is 6.04 Å². The quantitative estimate of drug-likeness (QED) is 0.720. The summed E-state index contributed by atoms with van der Waals surface area (Å²) in [6.45, 7) is 1.76. The molecule has 0 bridgehead atoms. The van der Waals surface area contributed by atoms with Gasteiger partial charge in [0.1, 0.15) is 11.5 Å². The molecule has 0 saturated heterocycles. The molecule has 1 unspecified atom stereocenters. The van der Waals surface area contributed by atoms with Gasteiger partial charge in [0.05, 0.1) is 17.5 Å². The van der Waals surface area contributed by atoms with Gasteiger partial charge in [-0.05, 0) is 18.4 Å². The molecule has 2 heterocycles. The van der Waals surface area contributed by atoms with Crippen molar-refractivity contribution in [1.29, 1.82) is 0 Å². The van der Waals surface area contributed by atoms with Crippen molar-refractivity contribution in [3.05, 3.63) is 28.9 Å². The first-order chi connectivity index (χ1) is 9.47. The zero-order valence-corrected chi connectivity index (χ0v) is 11.6. The molecule has 0 fully saturated rings. The van der Waals surface area contributed by atoms with Crippen LogP contribution in [0, 0.1) is 0 Å². The third-order valence-corrected chi connectivity index (χ3v) is 3.34. The van der Waals surface area contributed by atoms with Crippen LogP contribution >= 0.6 is 11.3 Å². The van der Waals surface area contributed by atoms with E-state index >= 15 is 0 Å². The molecule has 0 aliphatic carbocycles. The molecule has 0 aromatic carbocycles. The number of carbonyl (C=O) groups is 2. The zero-order valence-electron chi connectivity index (χ0n) is 10.7. The predicted octanol–water partition coefficient (Wildman–Crippen LogP) is 0.0969. The molecule has 2 amide bonds. The third kappa shape index (κ3) is 3.19. The van der Waals surface area contributed by atoms with Gasteiger partial charge < -0.3 is 16.8 Å². The van der Waals surface area contributed by atoms with Gasteiger partial charge in [-0.3, -0.25) is 9.59 Å². The van der Waals surface area contributed by atoms with Crippen LogP contribution in [-0.4, -0.2) is 26.8 Å². The molecule has 2 rings (SSSR count). The first kappa shape index (κ1) is 14.2. The molecule has 0 radical (unpaired) electrons. The molecule has 2 aromatic heterocycles. The van der Waals surface area contributed by atoms with Crippen LogP contribution in [0.15, 0.2) is 17.6 Å². The maximum absolute atomic E-state index is 11.9. The molecule has 9 heteroatoms. The van der Waals surface area contributed by atoms with Crippen molar-refractivity contribution < 1.29 is 9.59 Å². The summed E-state index contributed by atoms with van der Waals surface area (Å²) in [5.74, 6) is -0.905. The number of aromatic nitrogens is 3. The minimum absolute atomic E-state index is 0.0180. The van der Waals surface area contributed by atoms with E-state index in [0.29, 0.717) is 16.3 Å². The highest BCUT2D eigenvalue weighted by Crippen LogP contribution is 2.22. The van der Waals surface area contributed by atoms with E-state index in [9.17, 15) is 9.59 Å². The molecule has 5 N–H and O–H groups in total. The second-order valence-electron chi connectivity index (χ2n) is 4.21. The molecular formula is C11H14N6O2S. The van der Waals surface area contributed by atoms with Crippen molar-refractivity contribution in [3.8, 4) is 0 Å². The Balaban J connectivity index is 2.01. The second-order valence-corrected chi connectivity index (χ2v) is 5.12. The number of thiophene rings is 1. The molecule has 2 aromatic rings. The summed E-state index contributed by atoms with van der Waals surface area (Å²) in [5.41, 5.74) is 11.7. The van der Waals surface area contributed by atoms with Crippen molar-refractivity contribution in [2.45, 2.75) is 19.5 Å². The number of nitrogens with one attached hydrogen (secondary N) is 1. The Morgan fingerprint density at radius 3 is 2.90 bits per heavy atom. The van der Waals surface area contributed by atoms with E-state index in [2.05, 4.69) is 15.6 Å². The fourth-order valence-electron chi connectivity index (χ4n) is 1.51.